The van der Waals surface area contributed by atoms with Crippen LogP contribution in [0.5, 0.6) is 0 Å². The number of anilines is 1. The molecule has 3 aromatic rings. The van der Waals surface area contributed by atoms with Crippen LogP contribution in [0.25, 0.3) is 11.2 Å². The maximum atomic E-state index is 13.2. The van der Waals surface area contributed by atoms with E-state index in [1.807, 2.05) is 0 Å². The number of aromatic nitrogens is 4. The minimum absolute atomic E-state index is 0.00401. The predicted octanol–water partition coefficient (Wildman–Crippen LogP) is 0.447. The van der Waals surface area contributed by atoms with Crippen molar-refractivity contribution in [1.29, 1.82) is 0 Å². The second-order valence-corrected chi connectivity index (χ2v) is 4.30. The third kappa shape index (κ3) is 2.00. The molecular weight excluding hydrogens is 268 g/mol. The summed E-state index contributed by atoms with van der Waals surface area (Å²) in [5, 5.41) is 0. The average molecular weight is 278 g/mol. The van der Waals surface area contributed by atoms with Gasteiger partial charge in [-0.15, -0.1) is 0 Å². The van der Waals surface area contributed by atoms with Gasteiger partial charge < -0.3 is 5.73 Å². The molecular formula is C12H10F2N5O+. The topological polar surface area (TPSA) is 91.4 Å². The van der Waals surface area contributed by atoms with Crippen molar-refractivity contribution < 1.29 is 13.3 Å². The Morgan fingerprint density at radius 2 is 2.10 bits per heavy atom. The van der Waals surface area contributed by atoms with Crippen LogP contribution in [0.1, 0.15) is 5.56 Å². The third-order valence-corrected chi connectivity index (χ3v) is 2.89. The Bertz CT molecular complexity index is 855. The molecule has 0 radical (unpaired) electrons. The number of hydrogen-bond donors (Lipinski definition) is 3. The van der Waals surface area contributed by atoms with E-state index in [1.165, 1.54) is 12.4 Å². The van der Waals surface area contributed by atoms with Gasteiger partial charge in [-0.05, 0) is 17.7 Å². The first-order valence-corrected chi connectivity index (χ1v) is 5.75. The average Bonchev–Trinajstić information content (AvgIpc) is 2.77. The number of hydrogen-bond acceptors (Lipinski definition) is 3. The molecule has 2 aromatic heterocycles. The molecule has 0 aliphatic carbocycles. The molecule has 0 saturated heterocycles. The molecule has 0 aliphatic heterocycles. The van der Waals surface area contributed by atoms with Crippen molar-refractivity contribution in [2.45, 2.75) is 6.54 Å². The van der Waals surface area contributed by atoms with E-state index in [2.05, 4.69) is 15.0 Å². The van der Waals surface area contributed by atoms with Gasteiger partial charge in [0.25, 0.3) is 11.2 Å². The SMILES string of the molecule is Nc1nc2[nH]c[n+](Cc3ccc(F)c(F)c3)c2c(=O)[nH]1. The number of rotatable bonds is 2. The fraction of sp³-hybridized carbons (Fsp3) is 0.0833. The van der Waals surface area contributed by atoms with Crippen molar-refractivity contribution in [2.75, 3.05) is 5.73 Å². The maximum Gasteiger partial charge on any atom is 0.304 e. The first kappa shape index (κ1) is 12.3. The Hall–Kier alpha value is -2.77. The van der Waals surface area contributed by atoms with Crippen molar-refractivity contribution in [3.05, 3.63) is 52.1 Å². The van der Waals surface area contributed by atoms with Crippen LogP contribution in [0.2, 0.25) is 0 Å². The summed E-state index contributed by atoms with van der Waals surface area (Å²) >= 11 is 0. The van der Waals surface area contributed by atoms with Crippen LogP contribution in [-0.2, 0) is 6.54 Å². The summed E-state index contributed by atoms with van der Waals surface area (Å²) in [4.78, 5) is 21.0. The standard InChI is InChI=1S/C12H9F2N5O/c13-7-2-1-6(3-8(7)14)4-19-5-16-10-9(19)11(20)18-12(15)17-10/h1-3,5H,4H2,(H3,15,17,18,20)/p+1. The first-order chi connectivity index (χ1) is 9.54. The van der Waals surface area contributed by atoms with Gasteiger partial charge in [-0.3, -0.25) is 9.78 Å². The molecule has 0 bridgehead atoms. The largest absolute Gasteiger partial charge is 0.369 e. The van der Waals surface area contributed by atoms with Crippen molar-refractivity contribution in [1.82, 2.24) is 15.0 Å². The second kappa shape index (κ2) is 4.41. The molecule has 102 valence electrons. The number of nitrogens with two attached hydrogens (primary N) is 1. The van der Waals surface area contributed by atoms with Crippen LogP contribution >= 0.6 is 0 Å². The Morgan fingerprint density at radius 3 is 2.85 bits per heavy atom. The molecule has 8 heteroatoms. The summed E-state index contributed by atoms with van der Waals surface area (Å²) in [6, 6.07) is 3.57. The summed E-state index contributed by atoms with van der Waals surface area (Å²) in [6.07, 6.45) is 1.52. The van der Waals surface area contributed by atoms with E-state index in [4.69, 9.17) is 5.73 Å². The summed E-state index contributed by atoms with van der Waals surface area (Å²) in [5.41, 5.74) is 6.16. The molecule has 1 aromatic carbocycles. The number of nitrogen functional groups attached to an aromatic ring is 1. The van der Waals surface area contributed by atoms with Crippen LogP contribution < -0.4 is 15.9 Å². The zero-order chi connectivity index (χ0) is 14.3. The third-order valence-electron chi connectivity index (χ3n) is 2.89. The molecule has 2 heterocycles. The number of halogens is 2. The zero-order valence-corrected chi connectivity index (χ0v) is 10.2. The molecule has 0 unspecified atom stereocenters. The highest BCUT2D eigenvalue weighted by Gasteiger charge is 2.16. The Labute approximate surface area is 110 Å². The van der Waals surface area contributed by atoms with Gasteiger partial charge in [0.2, 0.25) is 12.3 Å². The summed E-state index contributed by atoms with van der Waals surface area (Å²) < 4.78 is 27.6. The summed E-state index contributed by atoms with van der Waals surface area (Å²) in [6.45, 7) is 0.200. The van der Waals surface area contributed by atoms with Crippen LogP contribution in [0.15, 0.2) is 29.3 Å². The fourth-order valence-electron chi connectivity index (χ4n) is 2.01. The first-order valence-electron chi connectivity index (χ1n) is 5.75. The van der Waals surface area contributed by atoms with Crippen LogP contribution in [0.3, 0.4) is 0 Å². The van der Waals surface area contributed by atoms with E-state index >= 15 is 0 Å². The second-order valence-electron chi connectivity index (χ2n) is 4.30. The van der Waals surface area contributed by atoms with E-state index < -0.39 is 17.2 Å². The predicted molar refractivity (Wildman–Crippen MR) is 66.8 cm³/mol. The van der Waals surface area contributed by atoms with Crippen molar-refractivity contribution in [3.63, 3.8) is 0 Å². The highest BCUT2D eigenvalue weighted by Crippen LogP contribution is 2.09. The molecule has 3 rings (SSSR count). The van der Waals surface area contributed by atoms with Crippen molar-refractivity contribution >= 4 is 17.1 Å². The smallest absolute Gasteiger partial charge is 0.304 e. The van der Waals surface area contributed by atoms with E-state index in [9.17, 15) is 13.6 Å². The summed E-state index contributed by atoms with van der Waals surface area (Å²) in [7, 11) is 0. The van der Waals surface area contributed by atoms with Gasteiger partial charge in [-0.25, -0.2) is 18.3 Å². The van der Waals surface area contributed by atoms with Gasteiger partial charge in [0.05, 0.1) is 0 Å². The lowest BCUT2D eigenvalue weighted by atomic mass is 10.2. The van der Waals surface area contributed by atoms with Crippen LogP contribution in [0, 0.1) is 11.6 Å². The Balaban J connectivity index is 2.07. The number of fused-ring (bicyclic) bond motifs is 1. The highest BCUT2D eigenvalue weighted by atomic mass is 19.2. The number of nitrogens with one attached hydrogen (secondary N) is 2. The quantitative estimate of drug-likeness (QED) is 0.594. The van der Waals surface area contributed by atoms with Crippen LogP contribution in [0.4, 0.5) is 14.7 Å². The van der Waals surface area contributed by atoms with Gasteiger partial charge in [-0.1, -0.05) is 6.07 Å². The van der Waals surface area contributed by atoms with Gasteiger partial charge in [0.1, 0.15) is 6.54 Å². The highest BCUT2D eigenvalue weighted by molar-refractivity contribution is 5.65. The normalized spacial score (nSPS) is 11.1. The van der Waals surface area contributed by atoms with E-state index in [0.717, 1.165) is 12.1 Å². The molecule has 4 N–H and O–H groups in total. The van der Waals surface area contributed by atoms with E-state index in [1.54, 1.807) is 4.57 Å². The van der Waals surface area contributed by atoms with E-state index in [-0.39, 0.29) is 18.0 Å². The molecule has 0 spiro atoms. The molecule has 6 nitrogen and oxygen atoms in total. The molecule has 0 aliphatic rings. The van der Waals surface area contributed by atoms with Crippen molar-refractivity contribution in [3.8, 4) is 0 Å². The lowest BCUT2D eigenvalue weighted by molar-refractivity contribution is -0.662. The summed E-state index contributed by atoms with van der Waals surface area (Å²) in [5.74, 6) is -1.84. The number of aromatic amines is 2. The number of H-pyrrole nitrogens is 2. The lowest BCUT2D eigenvalue weighted by Crippen LogP contribution is -2.36. The van der Waals surface area contributed by atoms with Crippen molar-refractivity contribution in [2.24, 2.45) is 0 Å². The number of benzene rings is 1. The minimum atomic E-state index is -0.931. The molecule has 0 atom stereocenters. The molecule has 20 heavy (non-hydrogen) atoms. The Morgan fingerprint density at radius 1 is 1.30 bits per heavy atom. The van der Waals surface area contributed by atoms with E-state index in [0.29, 0.717) is 11.2 Å². The molecule has 0 fully saturated rings. The van der Waals surface area contributed by atoms with Gasteiger partial charge in [0.15, 0.2) is 11.6 Å². The lowest BCUT2D eigenvalue weighted by Gasteiger charge is -2.00. The van der Waals surface area contributed by atoms with Gasteiger partial charge >= 0.3 is 5.56 Å². The molecule has 0 saturated carbocycles. The maximum absolute atomic E-state index is 13.2. The monoisotopic (exact) mass is 278 g/mol. The Kier molecular flexibility index (Phi) is 2.70. The number of nitrogens with zero attached hydrogens (tertiary/aromatic N) is 2. The molecule has 0 amide bonds. The fourth-order valence-corrected chi connectivity index (χ4v) is 2.01. The number of imidazole rings is 1. The zero-order valence-electron chi connectivity index (χ0n) is 10.2. The van der Waals surface area contributed by atoms with Gasteiger partial charge in [0, 0.05) is 0 Å². The minimum Gasteiger partial charge on any atom is -0.369 e. The van der Waals surface area contributed by atoms with Gasteiger partial charge in [-0.2, -0.15) is 4.98 Å². The van der Waals surface area contributed by atoms with Crippen LogP contribution in [-0.4, -0.2) is 15.0 Å².